The highest BCUT2D eigenvalue weighted by Gasteiger charge is 2.28. The number of benzene rings is 1. The SMILES string of the molecule is Cl.O=C(O)C1CCN(Cc2nc(-c3cccc(Cl)c3)no2)C1. The van der Waals surface area contributed by atoms with Gasteiger partial charge in [0.15, 0.2) is 0 Å². The molecule has 1 atom stereocenters. The van der Waals surface area contributed by atoms with Gasteiger partial charge in [0.1, 0.15) is 0 Å². The number of halogens is 2. The number of carboxylic acid groups (broad SMARTS) is 1. The molecule has 0 amide bonds. The van der Waals surface area contributed by atoms with Gasteiger partial charge in [-0.3, -0.25) is 9.69 Å². The van der Waals surface area contributed by atoms with Crippen molar-refractivity contribution in [1.82, 2.24) is 15.0 Å². The molecule has 0 bridgehead atoms. The summed E-state index contributed by atoms with van der Waals surface area (Å²) < 4.78 is 5.22. The van der Waals surface area contributed by atoms with Crippen LogP contribution in [-0.2, 0) is 11.3 Å². The third kappa shape index (κ3) is 3.76. The minimum Gasteiger partial charge on any atom is -0.481 e. The van der Waals surface area contributed by atoms with Crippen LogP contribution in [0.1, 0.15) is 12.3 Å². The molecule has 1 N–H and O–H groups in total. The summed E-state index contributed by atoms with van der Waals surface area (Å²) in [5.74, 6) is -0.0829. The standard InChI is InChI=1S/C14H14ClN3O3.ClH/c15-11-3-1-2-9(6-11)13-16-12(21-17-13)8-18-5-4-10(7-18)14(19)20;/h1-3,6,10H,4-5,7-8H2,(H,19,20);1H. The smallest absolute Gasteiger partial charge is 0.307 e. The second-order valence-electron chi connectivity index (χ2n) is 5.08. The Morgan fingerprint density at radius 2 is 2.32 bits per heavy atom. The lowest BCUT2D eigenvalue weighted by Crippen LogP contribution is -2.22. The third-order valence-electron chi connectivity index (χ3n) is 3.53. The molecule has 0 radical (unpaired) electrons. The van der Waals surface area contributed by atoms with Crippen LogP contribution in [-0.4, -0.2) is 39.2 Å². The summed E-state index contributed by atoms with van der Waals surface area (Å²) in [6, 6.07) is 7.23. The number of rotatable bonds is 4. The van der Waals surface area contributed by atoms with Gasteiger partial charge >= 0.3 is 5.97 Å². The van der Waals surface area contributed by atoms with Crippen LogP contribution >= 0.6 is 24.0 Å². The Kier molecular flexibility index (Phi) is 5.39. The summed E-state index contributed by atoms with van der Waals surface area (Å²) in [5.41, 5.74) is 0.794. The van der Waals surface area contributed by atoms with Crippen LogP contribution in [0.15, 0.2) is 28.8 Å². The van der Waals surface area contributed by atoms with Crippen molar-refractivity contribution in [3.05, 3.63) is 35.2 Å². The zero-order chi connectivity index (χ0) is 14.8. The maximum absolute atomic E-state index is 10.9. The summed E-state index contributed by atoms with van der Waals surface area (Å²) in [4.78, 5) is 17.3. The van der Waals surface area contributed by atoms with Gasteiger partial charge in [-0.05, 0) is 25.1 Å². The van der Waals surface area contributed by atoms with E-state index in [1.807, 2.05) is 17.0 Å². The molecule has 1 fully saturated rings. The molecule has 8 heteroatoms. The molecule has 1 aromatic carbocycles. The van der Waals surface area contributed by atoms with Crippen molar-refractivity contribution >= 4 is 30.0 Å². The molecule has 1 saturated heterocycles. The van der Waals surface area contributed by atoms with Crippen LogP contribution in [0, 0.1) is 5.92 Å². The highest BCUT2D eigenvalue weighted by molar-refractivity contribution is 6.30. The minimum atomic E-state index is -0.748. The number of likely N-dealkylation sites (tertiary alicyclic amines) is 1. The minimum absolute atomic E-state index is 0. The van der Waals surface area contributed by atoms with Crippen molar-refractivity contribution in [1.29, 1.82) is 0 Å². The molecule has 1 aromatic heterocycles. The Morgan fingerprint density at radius 1 is 1.50 bits per heavy atom. The quantitative estimate of drug-likeness (QED) is 0.919. The second kappa shape index (κ2) is 7.09. The number of aliphatic carboxylic acids is 1. The fourth-order valence-corrected chi connectivity index (χ4v) is 2.62. The Balaban J connectivity index is 0.00000176. The van der Waals surface area contributed by atoms with Crippen molar-refractivity contribution in [2.24, 2.45) is 5.92 Å². The summed E-state index contributed by atoms with van der Waals surface area (Å²) in [6.45, 7) is 1.72. The van der Waals surface area contributed by atoms with E-state index in [4.69, 9.17) is 21.2 Å². The fraction of sp³-hybridized carbons (Fsp3) is 0.357. The molecule has 0 saturated carbocycles. The van der Waals surface area contributed by atoms with Gasteiger partial charge in [0.25, 0.3) is 0 Å². The van der Waals surface area contributed by atoms with Gasteiger partial charge in [0, 0.05) is 17.1 Å². The Hall–Kier alpha value is -1.63. The molecule has 22 heavy (non-hydrogen) atoms. The molecule has 6 nitrogen and oxygen atoms in total. The lowest BCUT2D eigenvalue weighted by Gasteiger charge is -2.11. The van der Waals surface area contributed by atoms with E-state index in [1.54, 1.807) is 12.1 Å². The molecule has 1 aliphatic heterocycles. The van der Waals surface area contributed by atoms with E-state index in [-0.39, 0.29) is 18.3 Å². The molecule has 1 unspecified atom stereocenters. The van der Waals surface area contributed by atoms with E-state index in [2.05, 4.69) is 10.1 Å². The number of hydrogen-bond donors (Lipinski definition) is 1. The van der Waals surface area contributed by atoms with Gasteiger partial charge in [-0.1, -0.05) is 28.9 Å². The number of carboxylic acids is 1. The molecular formula is C14H15Cl2N3O3. The number of aromatic nitrogens is 2. The van der Waals surface area contributed by atoms with Crippen LogP contribution in [0.3, 0.4) is 0 Å². The Labute approximate surface area is 138 Å². The van der Waals surface area contributed by atoms with E-state index in [9.17, 15) is 4.79 Å². The molecule has 0 spiro atoms. The maximum atomic E-state index is 10.9. The first-order valence-electron chi connectivity index (χ1n) is 6.65. The predicted octanol–water partition coefficient (Wildman–Crippen LogP) is 2.72. The number of nitrogens with zero attached hydrogens (tertiary/aromatic N) is 3. The molecule has 0 aliphatic carbocycles. The zero-order valence-corrected chi connectivity index (χ0v) is 13.2. The molecule has 118 valence electrons. The van der Waals surface area contributed by atoms with Crippen molar-refractivity contribution in [2.45, 2.75) is 13.0 Å². The number of carbonyl (C=O) groups is 1. The molecule has 3 rings (SSSR count). The van der Waals surface area contributed by atoms with Crippen molar-refractivity contribution in [3.8, 4) is 11.4 Å². The fourth-order valence-electron chi connectivity index (χ4n) is 2.43. The highest BCUT2D eigenvalue weighted by atomic mass is 35.5. The van der Waals surface area contributed by atoms with Crippen molar-refractivity contribution in [3.63, 3.8) is 0 Å². The zero-order valence-electron chi connectivity index (χ0n) is 11.6. The van der Waals surface area contributed by atoms with E-state index in [0.29, 0.717) is 36.2 Å². The first kappa shape index (κ1) is 16.7. The lowest BCUT2D eigenvalue weighted by atomic mass is 10.1. The first-order valence-corrected chi connectivity index (χ1v) is 7.03. The Bertz CT molecular complexity index is 662. The van der Waals surface area contributed by atoms with Crippen molar-refractivity contribution < 1.29 is 14.4 Å². The van der Waals surface area contributed by atoms with Crippen LogP contribution in [0.25, 0.3) is 11.4 Å². The summed E-state index contributed by atoms with van der Waals surface area (Å²) in [5, 5.41) is 13.5. The summed E-state index contributed by atoms with van der Waals surface area (Å²) >= 11 is 5.93. The molecule has 2 heterocycles. The predicted molar refractivity (Wildman–Crippen MR) is 83.0 cm³/mol. The normalized spacial score (nSPS) is 18.1. The monoisotopic (exact) mass is 343 g/mol. The summed E-state index contributed by atoms with van der Waals surface area (Å²) in [7, 11) is 0. The first-order chi connectivity index (χ1) is 10.1. The van der Waals surface area contributed by atoms with Gasteiger partial charge in [-0.2, -0.15) is 4.98 Å². The van der Waals surface area contributed by atoms with Crippen LogP contribution in [0.5, 0.6) is 0 Å². The number of hydrogen-bond acceptors (Lipinski definition) is 5. The van der Waals surface area contributed by atoms with Gasteiger partial charge in [-0.15, -0.1) is 12.4 Å². The second-order valence-corrected chi connectivity index (χ2v) is 5.52. The third-order valence-corrected chi connectivity index (χ3v) is 3.77. The molecule has 2 aromatic rings. The van der Waals surface area contributed by atoms with E-state index >= 15 is 0 Å². The maximum Gasteiger partial charge on any atom is 0.307 e. The topological polar surface area (TPSA) is 79.5 Å². The average molecular weight is 344 g/mol. The molecular weight excluding hydrogens is 329 g/mol. The van der Waals surface area contributed by atoms with E-state index in [0.717, 1.165) is 12.1 Å². The van der Waals surface area contributed by atoms with Crippen LogP contribution in [0.2, 0.25) is 5.02 Å². The molecule has 1 aliphatic rings. The van der Waals surface area contributed by atoms with E-state index in [1.165, 1.54) is 0 Å². The van der Waals surface area contributed by atoms with Gasteiger partial charge in [0.05, 0.1) is 12.5 Å². The van der Waals surface area contributed by atoms with Crippen LogP contribution in [0.4, 0.5) is 0 Å². The largest absolute Gasteiger partial charge is 0.481 e. The van der Waals surface area contributed by atoms with Gasteiger partial charge in [0.2, 0.25) is 11.7 Å². The Morgan fingerprint density at radius 3 is 3.00 bits per heavy atom. The highest BCUT2D eigenvalue weighted by Crippen LogP contribution is 2.22. The average Bonchev–Trinajstić information content (AvgIpc) is 3.08. The van der Waals surface area contributed by atoms with Crippen LogP contribution < -0.4 is 0 Å². The van der Waals surface area contributed by atoms with Gasteiger partial charge in [-0.25, -0.2) is 0 Å². The van der Waals surface area contributed by atoms with Gasteiger partial charge < -0.3 is 9.63 Å². The summed E-state index contributed by atoms with van der Waals surface area (Å²) in [6.07, 6.45) is 0.657. The van der Waals surface area contributed by atoms with Crippen molar-refractivity contribution in [2.75, 3.05) is 13.1 Å². The lowest BCUT2D eigenvalue weighted by molar-refractivity contribution is -0.141. The van der Waals surface area contributed by atoms with E-state index < -0.39 is 5.97 Å².